The molecule has 0 saturated carbocycles. The third-order valence-electron chi connectivity index (χ3n) is 4.35. The number of pyridine rings is 1. The minimum atomic E-state index is 0.286. The van der Waals surface area contributed by atoms with E-state index in [2.05, 4.69) is 35.3 Å². The Morgan fingerprint density at radius 3 is 2.73 bits per heavy atom. The highest BCUT2D eigenvalue weighted by molar-refractivity contribution is 5.76. The Labute approximate surface area is 132 Å². The number of aromatic nitrogens is 1. The van der Waals surface area contributed by atoms with Crippen LogP contribution in [0, 0.1) is 0 Å². The van der Waals surface area contributed by atoms with Gasteiger partial charge in [-0.25, -0.2) is 0 Å². The molecular weight excluding hydrogens is 272 g/mol. The van der Waals surface area contributed by atoms with Crippen LogP contribution in [0.15, 0.2) is 54.7 Å². The van der Waals surface area contributed by atoms with Gasteiger partial charge in [-0.15, -0.1) is 0 Å². The van der Waals surface area contributed by atoms with Crippen LogP contribution in [-0.2, 0) is 11.2 Å². The lowest BCUT2D eigenvalue weighted by Gasteiger charge is -2.16. The van der Waals surface area contributed by atoms with Crippen LogP contribution in [0.25, 0.3) is 0 Å². The van der Waals surface area contributed by atoms with Crippen molar-refractivity contribution in [3.8, 4) is 0 Å². The fourth-order valence-corrected chi connectivity index (χ4v) is 3.09. The molecule has 1 amide bonds. The van der Waals surface area contributed by atoms with Crippen molar-refractivity contribution in [1.82, 2.24) is 9.88 Å². The molecule has 1 saturated heterocycles. The molecule has 3 rings (SSSR count). The lowest BCUT2D eigenvalue weighted by molar-refractivity contribution is -0.130. The first-order valence-corrected chi connectivity index (χ1v) is 8.05. The number of rotatable bonds is 5. The van der Waals surface area contributed by atoms with Crippen molar-refractivity contribution >= 4 is 5.91 Å². The Morgan fingerprint density at radius 1 is 1.14 bits per heavy atom. The molecule has 1 atom stereocenters. The molecule has 2 aromatic rings. The van der Waals surface area contributed by atoms with Gasteiger partial charge < -0.3 is 4.90 Å². The number of amides is 1. The Morgan fingerprint density at radius 2 is 1.95 bits per heavy atom. The average molecular weight is 294 g/mol. The lowest BCUT2D eigenvalue weighted by Crippen LogP contribution is -2.28. The molecule has 0 aliphatic carbocycles. The molecule has 114 valence electrons. The summed E-state index contributed by atoms with van der Waals surface area (Å²) in [5.41, 5.74) is 2.42. The molecule has 3 heteroatoms. The molecule has 1 aromatic heterocycles. The van der Waals surface area contributed by atoms with E-state index in [0.29, 0.717) is 12.3 Å². The normalized spacial score (nSPS) is 17.6. The number of carbonyl (C=O) groups is 1. The SMILES string of the molecule is O=C(CCCc1ccccc1)N1CCC(c2ccccn2)C1. The smallest absolute Gasteiger partial charge is 0.222 e. The zero-order chi connectivity index (χ0) is 15.2. The number of hydrogen-bond donors (Lipinski definition) is 0. The van der Waals surface area contributed by atoms with Crippen LogP contribution < -0.4 is 0 Å². The van der Waals surface area contributed by atoms with Gasteiger partial charge in [-0.05, 0) is 37.0 Å². The van der Waals surface area contributed by atoms with E-state index in [9.17, 15) is 4.79 Å². The number of benzene rings is 1. The lowest BCUT2D eigenvalue weighted by atomic mass is 10.0. The molecule has 0 spiro atoms. The van der Waals surface area contributed by atoms with Crippen LogP contribution in [0.1, 0.15) is 36.4 Å². The number of nitrogens with zero attached hydrogens (tertiary/aromatic N) is 2. The fraction of sp³-hybridized carbons (Fsp3) is 0.368. The first-order chi connectivity index (χ1) is 10.8. The maximum absolute atomic E-state index is 12.3. The zero-order valence-electron chi connectivity index (χ0n) is 12.8. The first kappa shape index (κ1) is 14.8. The fourth-order valence-electron chi connectivity index (χ4n) is 3.09. The van der Waals surface area contributed by atoms with Gasteiger partial charge in [0.1, 0.15) is 0 Å². The van der Waals surface area contributed by atoms with E-state index in [-0.39, 0.29) is 5.91 Å². The summed E-state index contributed by atoms with van der Waals surface area (Å²) in [5, 5.41) is 0. The van der Waals surface area contributed by atoms with Crippen LogP contribution in [-0.4, -0.2) is 28.9 Å². The first-order valence-electron chi connectivity index (χ1n) is 8.05. The minimum absolute atomic E-state index is 0.286. The standard InChI is InChI=1S/C19H22N2O/c22-19(11-6-9-16-7-2-1-3-8-16)21-14-12-17(15-21)18-10-4-5-13-20-18/h1-5,7-8,10,13,17H,6,9,11-12,14-15H2. The topological polar surface area (TPSA) is 33.2 Å². The summed E-state index contributed by atoms with van der Waals surface area (Å²) < 4.78 is 0. The third-order valence-corrected chi connectivity index (χ3v) is 4.35. The third kappa shape index (κ3) is 3.73. The van der Waals surface area contributed by atoms with Crippen molar-refractivity contribution < 1.29 is 4.79 Å². The quantitative estimate of drug-likeness (QED) is 0.846. The Balaban J connectivity index is 1.46. The van der Waals surface area contributed by atoms with E-state index < -0.39 is 0 Å². The van der Waals surface area contributed by atoms with Gasteiger partial charge in [0.2, 0.25) is 5.91 Å². The molecule has 1 unspecified atom stereocenters. The van der Waals surface area contributed by atoms with Crippen molar-refractivity contribution in [2.75, 3.05) is 13.1 Å². The summed E-state index contributed by atoms with van der Waals surface area (Å²) >= 11 is 0. The van der Waals surface area contributed by atoms with Crippen LogP contribution in [0.4, 0.5) is 0 Å². The summed E-state index contributed by atoms with van der Waals surface area (Å²) in [6.07, 6.45) is 5.41. The van der Waals surface area contributed by atoms with E-state index in [1.807, 2.05) is 29.3 Å². The summed E-state index contributed by atoms with van der Waals surface area (Å²) in [5.74, 6) is 0.689. The highest BCUT2D eigenvalue weighted by Crippen LogP contribution is 2.26. The predicted molar refractivity (Wildman–Crippen MR) is 87.6 cm³/mol. The monoisotopic (exact) mass is 294 g/mol. The van der Waals surface area contributed by atoms with Crippen LogP contribution in [0.3, 0.4) is 0 Å². The van der Waals surface area contributed by atoms with Crippen molar-refractivity contribution in [3.05, 3.63) is 66.0 Å². The Bertz CT molecular complexity index is 597. The Kier molecular flexibility index (Phi) is 4.84. The molecule has 1 fully saturated rings. The predicted octanol–water partition coefficient (Wildman–Crippen LogP) is 3.42. The summed E-state index contributed by atoms with van der Waals surface area (Å²) in [4.78, 5) is 18.7. The molecule has 1 aromatic carbocycles. The van der Waals surface area contributed by atoms with Gasteiger partial charge in [0.15, 0.2) is 0 Å². The van der Waals surface area contributed by atoms with Crippen LogP contribution >= 0.6 is 0 Å². The van der Waals surface area contributed by atoms with Crippen LogP contribution in [0.2, 0.25) is 0 Å². The van der Waals surface area contributed by atoms with Crippen molar-refractivity contribution in [2.45, 2.75) is 31.6 Å². The van der Waals surface area contributed by atoms with Gasteiger partial charge in [0, 0.05) is 37.3 Å². The van der Waals surface area contributed by atoms with Gasteiger partial charge in [0.25, 0.3) is 0 Å². The average Bonchev–Trinajstić information content (AvgIpc) is 3.07. The van der Waals surface area contributed by atoms with Crippen molar-refractivity contribution in [2.24, 2.45) is 0 Å². The second kappa shape index (κ2) is 7.21. The number of hydrogen-bond acceptors (Lipinski definition) is 2. The van der Waals surface area contributed by atoms with Gasteiger partial charge in [-0.3, -0.25) is 9.78 Å². The van der Waals surface area contributed by atoms with E-state index in [1.165, 1.54) is 5.56 Å². The van der Waals surface area contributed by atoms with E-state index in [1.54, 1.807) is 0 Å². The largest absolute Gasteiger partial charge is 0.342 e. The van der Waals surface area contributed by atoms with Gasteiger partial charge in [0.05, 0.1) is 0 Å². The minimum Gasteiger partial charge on any atom is -0.342 e. The van der Waals surface area contributed by atoms with Crippen molar-refractivity contribution in [3.63, 3.8) is 0 Å². The van der Waals surface area contributed by atoms with Crippen LogP contribution in [0.5, 0.6) is 0 Å². The molecule has 3 nitrogen and oxygen atoms in total. The molecule has 1 aliphatic heterocycles. The molecule has 0 N–H and O–H groups in total. The highest BCUT2D eigenvalue weighted by Gasteiger charge is 2.27. The number of likely N-dealkylation sites (tertiary alicyclic amines) is 1. The molecule has 0 bridgehead atoms. The van der Waals surface area contributed by atoms with Crippen molar-refractivity contribution in [1.29, 1.82) is 0 Å². The summed E-state index contributed by atoms with van der Waals surface area (Å²) in [6, 6.07) is 16.4. The van der Waals surface area contributed by atoms with E-state index >= 15 is 0 Å². The maximum atomic E-state index is 12.3. The second-order valence-electron chi connectivity index (χ2n) is 5.92. The van der Waals surface area contributed by atoms with E-state index in [0.717, 1.165) is 38.0 Å². The number of aryl methyl sites for hydroxylation is 1. The van der Waals surface area contributed by atoms with Gasteiger partial charge in [-0.1, -0.05) is 36.4 Å². The summed E-state index contributed by atoms with van der Waals surface area (Å²) in [7, 11) is 0. The molecule has 0 radical (unpaired) electrons. The zero-order valence-corrected chi connectivity index (χ0v) is 12.8. The molecular formula is C19H22N2O. The van der Waals surface area contributed by atoms with Gasteiger partial charge in [-0.2, -0.15) is 0 Å². The highest BCUT2D eigenvalue weighted by atomic mass is 16.2. The van der Waals surface area contributed by atoms with Gasteiger partial charge >= 0.3 is 0 Å². The van der Waals surface area contributed by atoms with E-state index in [4.69, 9.17) is 0 Å². The second-order valence-corrected chi connectivity index (χ2v) is 5.92. The molecule has 1 aliphatic rings. The maximum Gasteiger partial charge on any atom is 0.222 e. The number of carbonyl (C=O) groups excluding carboxylic acids is 1. The molecule has 2 heterocycles. The molecule has 22 heavy (non-hydrogen) atoms. The summed E-state index contributed by atoms with van der Waals surface area (Å²) in [6.45, 7) is 1.69. The Hall–Kier alpha value is -2.16.